The van der Waals surface area contributed by atoms with Gasteiger partial charge in [-0.1, -0.05) is 0 Å². The zero-order valence-electron chi connectivity index (χ0n) is 11.0. The molecule has 0 aliphatic heterocycles. The van der Waals surface area contributed by atoms with Crippen LogP contribution >= 0.6 is 0 Å². The zero-order chi connectivity index (χ0) is 15.6. The van der Waals surface area contributed by atoms with E-state index in [1.54, 1.807) is 13.1 Å². The minimum atomic E-state index is -3.99. The Morgan fingerprint density at radius 2 is 2.19 bits per heavy atom. The van der Waals surface area contributed by atoms with Crippen LogP contribution in [-0.2, 0) is 10.0 Å². The molecule has 0 amide bonds. The third-order valence-corrected chi connectivity index (χ3v) is 4.45. The van der Waals surface area contributed by atoms with Crippen LogP contribution in [0.4, 0.5) is 11.4 Å². The van der Waals surface area contributed by atoms with Crippen LogP contribution in [0.1, 0.15) is 18.5 Å². The number of nitrogens with two attached hydrogens (primary N) is 1. The molecule has 0 spiro atoms. The first-order valence-corrected chi connectivity index (χ1v) is 7.34. The van der Waals surface area contributed by atoms with Gasteiger partial charge in [0.15, 0.2) is 0 Å². The van der Waals surface area contributed by atoms with Gasteiger partial charge in [-0.25, -0.2) is 13.1 Å². The molecule has 21 heavy (non-hydrogen) atoms. The maximum Gasteiger partial charge on any atom is 0.270 e. The highest BCUT2D eigenvalue weighted by Crippen LogP contribution is 2.25. The summed E-state index contributed by atoms with van der Waals surface area (Å²) in [6.07, 6.45) is 3.02. The first-order chi connectivity index (χ1) is 9.81. The Bertz CT molecular complexity index is 757. The lowest BCUT2D eigenvalue weighted by atomic mass is 10.2. The van der Waals surface area contributed by atoms with Gasteiger partial charge in [-0.05, 0) is 13.0 Å². The number of nitro benzene ring substituents is 1. The number of nitrogens with zero attached hydrogens (tertiary/aromatic N) is 2. The monoisotopic (exact) mass is 311 g/mol. The van der Waals surface area contributed by atoms with Crippen LogP contribution in [0.5, 0.6) is 0 Å². The molecule has 0 saturated heterocycles. The van der Waals surface area contributed by atoms with E-state index in [1.807, 2.05) is 0 Å². The summed E-state index contributed by atoms with van der Waals surface area (Å²) in [7, 11) is -3.99. The second-order valence-corrected chi connectivity index (χ2v) is 6.04. The van der Waals surface area contributed by atoms with Crippen molar-refractivity contribution in [1.82, 2.24) is 14.9 Å². The maximum absolute atomic E-state index is 12.3. The summed E-state index contributed by atoms with van der Waals surface area (Å²) in [5, 5.41) is 17.0. The number of nitrogen functional groups attached to an aromatic ring is 1. The third kappa shape index (κ3) is 3.17. The maximum atomic E-state index is 12.3. The fourth-order valence-electron chi connectivity index (χ4n) is 1.73. The number of aromatic amines is 1. The SMILES string of the molecule is CC(NS(=O)(=O)c1cc([N+](=O)[O-])ccc1N)c1cn[nH]c1. The number of nitrogens with one attached hydrogen (secondary N) is 2. The van der Waals surface area contributed by atoms with E-state index < -0.39 is 21.0 Å². The molecular formula is C11H13N5O4S. The van der Waals surface area contributed by atoms with Crippen LogP contribution in [0.25, 0.3) is 0 Å². The first kappa shape index (κ1) is 14.9. The van der Waals surface area contributed by atoms with Gasteiger partial charge in [-0.2, -0.15) is 5.10 Å². The number of anilines is 1. The summed E-state index contributed by atoms with van der Waals surface area (Å²) >= 11 is 0. The molecule has 4 N–H and O–H groups in total. The minimum Gasteiger partial charge on any atom is -0.398 e. The number of non-ortho nitro benzene ring substituents is 1. The summed E-state index contributed by atoms with van der Waals surface area (Å²) in [4.78, 5) is 9.73. The van der Waals surface area contributed by atoms with Crippen molar-refractivity contribution in [3.63, 3.8) is 0 Å². The third-order valence-electron chi connectivity index (χ3n) is 2.85. The molecule has 2 aromatic rings. The second kappa shape index (κ2) is 5.50. The van der Waals surface area contributed by atoms with Crippen LogP contribution in [0.3, 0.4) is 0 Å². The molecule has 1 unspecified atom stereocenters. The van der Waals surface area contributed by atoms with Crippen molar-refractivity contribution >= 4 is 21.4 Å². The molecule has 1 aromatic heterocycles. The fourth-order valence-corrected chi connectivity index (χ4v) is 3.11. The molecule has 10 heteroatoms. The average molecular weight is 311 g/mol. The van der Waals surface area contributed by atoms with E-state index in [1.165, 1.54) is 12.3 Å². The largest absolute Gasteiger partial charge is 0.398 e. The van der Waals surface area contributed by atoms with Crippen LogP contribution in [0.15, 0.2) is 35.5 Å². The van der Waals surface area contributed by atoms with Gasteiger partial charge >= 0.3 is 0 Å². The van der Waals surface area contributed by atoms with E-state index in [2.05, 4.69) is 14.9 Å². The molecule has 1 heterocycles. The van der Waals surface area contributed by atoms with Crippen molar-refractivity contribution in [2.75, 3.05) is 5.73 Å². The normalized spacial score (nSPS) is 13.0. The van der Waals surface area contributed by atoms with Gasteiger partial charge in [0, 0.05) is 29.9 Å². The summed E-state index contributed by atoms with van der Waals surface area (Å²) in [5.41, 5.74) is 5.83. The number of hydrogen-bond acceptors (Lipinski definition) is 6. The Hall–Kier alpha value is -2.46. The molecule has 1 atom stereocenters. The molecule has 2 rings (SSSR count). The van der Waals surface area contributed by atoms with Crippen molar-refractivity contribution in [2.45, 2.75) is 17.9 Å². The molecule has 1 aromatic carbocycles. The average Bonchev–Trinajstić information content (AvgIpc) is 2.92. The molecule has 0 bridgehead atoms. The molecular weight excluding hydrogens is 298 g/mol. The zero-order valence-corrected chi connectivity index (χ0v) is 11.8. The van der Waals surface area contributed by atoms with E-state index in [9.17, 15) is 18.5 Å². The Labute approximate surface area is 120 Å². The predicted molar refractivity (Wildman–Crippen MR) is 74.8 cm³/mol. The highest BCUT2D eigenvalue weighted by atomic mass is 32.2. The lowest BCUT2D eigenvalue weighted by molar-refractivity contribution is -0.385. The standard InChI is InChI=1S/C11H13N5O4S/c1-7(8-5-13-14-6-8)15-21(19,20)11-4-9(16(17)18)2-3-10(11)12/h2-7,15H,12H2,1H3,(H,13,14). The van der Waals surface area contributed by atoms with E-state index in [0.717, 1.165) is 12.1 Å². The smallest absolute Gasteiger partial charge is 0.270 e. The molecule has 0 saturated carbocycles. The Balaban J connectivity index is 2.35. The van der Waals surface area contributed by atoms with Crippen molar-refractivity contribution in [1.29, 1.82) is 0 Å². The van der Waals surface area contributed by atoms with E-state index in [0.29, 0.717) is 5.56 Å². The molecule has 0 fully saturated rings. The topological polar surface area (TPSA) is 144 Å². The lowest BCUT2D eigenvalue weighted by Crippen LogP contribution is -2.27. The summed E-state index contributed by atoms with van der Waals surface area (Å²) in [5.74, 6) is 0. The van der Waals surface area contributed by atoms with Crippen molar-refractivity contribution in [2.24, 2.45) is 0 Å². The number of H-pyrrole nitrogens is 1. The van der Waals surface area contributed by atoms with Crippen LogP contribution in [0.2, 0.25) is 0 Å². The lowest BCUT2D eigenvalue weighted by Gasteiger charge is -2.13. The van der Waals surface area contributed by atoms with E-state index in [4.69, 9.17) is 5.73 Å². The van der Waals surface area contributed by atoms with Crippen LogP contribution in [0, 0.1) is 10.1 Å². The molecule has 112 valence electrons. The predicted octanol–water partition coefficient (Wildman–Crippen LogP) is 0.940. The number of sulfonamides is 1. The highest BCUT2D eigenvalue weighted by molar-refractivity contribution is 7.89. The summed E-state index contributed by atoms with van der Waals surface area (Å²) in [6, 6.07) is 2.70. The van der Waals surface area contributed by atoms with Gasteiger partial charge < -0.3 is 5.73 Å². The summed E-state index contributed by atoms with van der Waals surface area (Å²) < 4.78 is 27.0. The molecule has 9 nitrogen and oxygen atoms in total. The van der Waals surface area contributed by atoms with Crippen LogP contribution < -0.4 is 10.5 Å². The van der Waals surface area contributed by atoms with Gasteiger partial charge in [-0.3, -0.25) is 15.2 Å². The fraction of sp³-hybridized carbons (Fsp3) is 0.182. The first-order valence-electron chi connectivity index (χ1n) is 5.86. The van der Waals surface area contributed by atoms with Gasteiger partial charge in [0.25, 0.3) is 5.69 Å². The Morgan fingerprint density at radius 3 is 2.76 bits per heavy atom. The van der Waals surface area contributed by atoms with Gasteiger partial charge in [0.2, 0.25) is 10.0 Å². The minimum absolute atomic E-state index is 0.0625. The van der Waals surface area contributed by atoms with E-state index >= 15 is 0 Å². The van der Waals surface area contributed by atoms with E-state index in [-0.39, 0.29) is 16.3 Å². The van der Waals surface area contributed by atoms with Crippen molar-refractivity contribution in [3.05, 3.63) is 46.3 Å². The number of nitro groups is 1. The number of rotatable bonds is 5. The Morgan fingerprint density at radius 1 is 1.48 bits per heavy atom. The van der Waals surface area contributed by atoms with Gasteiger partial charge in [-0.15, -0.1) is 0 Å². The highest BCUT2D eigenvalue weighted by Gasteiger charge is 2.23. The van der Waals surface area contributed by atoms with Crippen LogP contribution in [-0.4, -0.2) is 23.5 Å². The number of benzene rings is 1. The van der Waals surface area contributed by atoms with Gasteiger partial charge in [0.05, 0.1) is 16.8 Å². The summed E-state index contributed by atoms with van der Waals surface area (Å²) in [6.45, 7) is 1.62. The number of aromatic nitrogens is 2. The van der Waals surface area contributed by atoms with Crippen molar-refractivity contribution < 1.29 is 13.3 Å². The Kier molecular flexibility index (Phi) is 3.91. The number of hydrogen-bond donors (Lipinski definition) is 3. The van der Waals surface area contributed by atoms with Crippen molar-refractivity contribution in [3.8, 4) is 0 Å². The molecule has 0 aliphatic carbocycles. The van der Waals surface area contributed by atoms with Gasteiger partial charge in [0.1, 0.15) is 4.90 Å². The molecule has 0 radical (unpaired) electrons. The molecule has 0 aliphatic rings. The quantitative estimate of drug-likeness (QED) is 0.426. The second-order valence-electron chi connectivity index (χ2n) is 4.35.